The highest BCUT2D eigenvalue weighted by Crippen LogP contribution is 2.33. The van der Waals surface area contributed by atoms with Crippen molar-refractivity contribution in [1.29, 1.82) is 0 Å². The number of benzene rings is 3. The summed E-state index contributed by atoms with van der Waals surface area (Å²) in [5, 5.41) is 0.226. The molecule has 1 fully saturated rings. The Kier molecular flexibility index (Phi) is 6.93. The zero-order valence-corrected chi connectivity index (χ0v) is 21.4. The lowest BCUT2D eigenvalue weighted by atomic mass is 10.1. The second-order valence-corrected chi connectivity index (χ2v) is 11.5. The molecule has 5 rings (SSSR count). The number of carbonyl (C=O) groups excluding carboxylic acids is 1. The first-order chi connectivity index (χ1) is 17.7. The molecule has 0 radical (unpaired) electrons. The first kappa shape index (κ1) is 25.2. The fourth-order valence-electron chi connectivity index (χ4n) is 4.07. The molecule has 2 heterocycles. The lowest BCUT2D eigenvalue weighted by Gasteiger charge is -2.23. The normalized spacial score (nSPS) is 15.7. The van der Waals surface area contributed by atoms with E-state index in [0.29, 0.717) is 17.0 Å². The predicted molar refractivity (Wildman–Crippen MR) is 139 cm³/mol. The van der Waals surface area contributed by atoms with Crippen molar-refractivity contribution in [2.75, 3.05) is 22.8 Å². The van der Waals surface area contributed by atoms with Crippen LogP contribution in [-0.4, -0.2) is 38.6 Å². The molecule has 3 aromatic carbocycles. The van der Waals surface area contributed by atoms with Crippen LogP contribution < -0.4 is 9.62 Å². The number of sulfonamides is 1. The second-order valence-electron chi connectivity index (χ2n) is 8.78. The van der Waals surface area contributed by atoms with Crippen molar-refractivity contribution >= 4 is 48.3 Å². The molecule has 0 saturated carbocycles. The molecule has 0 spiro atoms. The van der Waals surface area contributed by atoms with Crippen molar-refractivity contribution in [2.24, 2.45) is 0 Å². The Morgan fingerprint density at radius 2 is 1.86 bits per heavy atom. The minimum atomic E-state index is -3.80. The Hall–Kier alpha value is -3.41. The largest absolute Gasteiger partial charge is 0.376 e. The van der Waals surface area contributed by atoms with Crippen molar-refractivity contribution in [1.82, 2.24) is 4.98 Å². The van der Waals surface area contributed by atoms with E-state index in [1.54, 1.807) is 12.1 Å². The number of thiazole rings is 1. The van der Waals surface area contributed by atoms with Crippen LogP contribution in [0.15, 0.2) is 65.6 Å². The van der Waals surface area contributed by atoms with Gasteiger partial charge in [-0.2, -0.15) is 0 Å². The summed E-state index contributed by atoms with van der Waals surface area (Å²) in [6, 6.07) is 14.4. The molecule has 1 saturated heterocycles. The van der Waals surface area contributed by atoms with Crippen LogP contribution in [0.1, 0.15) is 28.8 Å². The van der Waals surface area contributed by atoms with Gasteiger partial charge < -0.3 is 4.74 Å². The highest BCUT2D eigenvalue weighted by Gasteiger charge is 2.28. The van der Waals surface area contributed by atoms with Gasteiger partial charge in [0.2, 0.25) is 0 Å². The van der Waals surface area contributed by atoms with E-state index in [1.165, 1.54) is 47.4 Å². The average Bonchev–Trinajstić information content (AvgIpc) is 3.53. The van der Waals surface area contributed by atoms with Gasteiger partial charge in [0, 0.05) is 23.9 Å². The number of aromatic nitrogens is 1. The van der Waals surface area contributed by atoms with E-state index in [1.807, 2.05) is 6.92 Å². The van der Waals surface area contributed by atoms with Gasteiger partial charge in [0.25, 0.3) is 15.9 Å². The Morgan fingerprint density at radius 3 is 2.54 bits per heavy atom. The van der Waals surface area contributed by atoms with Gasteiger partial charge in [0.05, 0.1) is 22.2 Å². The summed E-state index contributed by atoms with van der Waals surface area (Å²) in [6.07, 6.45) is 1.41. The van der Waals surface area contributed by atoms with E-state index >= 15 is 0 Å². The monoisotopic (exact) mass is 543 g/mol. The van der Waals surface area contributed by atoms with Gasteiger partial charge in [-0.15, -0.1) is 0 Å². The SMILES string of the molecule is Cc1ccc(S(=O)(=O)Nc2ccc(C(=O)N(CC3CCCO3)c3nc4c(F)cc(F)cc4s3)cc2)cc1. The average molecular weight is 544 g/mol. The zero-order valence-electron chi connectivity index (χ0n) is 19.8. The van der Waals surface area contributed by atoms with E-state index in [-0.39, 0.29) is 33.8 Å². The first-order valence-electron chi connectivity index (χ1n) is 11.6. The maximum absolute atomic E-state index is 14.3. The van der Waals surface area contributed by atoms with Crippen LogP contribution in [0.5, 0.6) is 0 Å². The lowest BCUT2D eigenvalue weighted by Crippen LogP contribution is -2.37. The molecular weight excluding hydrogens is 520 g/mol. The van der Waals surface area contributed by atoms with Gasteiger partial charge >= 0.3 is 0 Å². The first-order valence-corrected chi connectivity index (χ1v) is 13.9. The van der Waals surface area contributed by atoms with Crippen LogP contribution >= 0.6 is 11.3 Å². The van der Waals surface area contributed by atoms with Gasteiger partial charge in [-0.25, -0.2) is 22.2 Å². The molecule has 1 aliphatic rings. The molecular formula is C26H23F2N3O4S2. The standard InChI is InChI=1S/C26H23F2N3O4S2/c1-16-4-10-21(11-5-16)37(33,34)30-19-8-6-17(7-9-19)25(32)31(15-20-3-2-12-35-20)26-29-24-22(28)13-18(27)14-23(24)36-26/h4-11,13-14,20,30H,2-3,12,15H2,1H3. The van der Waals surface area contributed by atoms with E-state index in [4.69, 9.17) is 4.74 Å². The molecule has 37 heavy (non-hydrogen) atoms. The summed E-state index contributed by atoms with van der Waals surface area (Å²) < 4.78 is 61.9. The lowest BCUT2D eigenvalue weighted by molar-refractivity contribution is 0.0917. The summed E-state index contributed by atoms with van der Waals surface area (Å²) in [6.45, 7) is 2.65. The molecule has 1 amide bonds. The molecule has 11 heteroatoms. The fourth-order valence-corrected chi connectivity index (χ4v) is 6.14. The Morgan fingerprint density at radius 1 is 1.14 bits per heavy atom. The summed E-state index contributed by atoms with van der Waals surface area (Å²) in [7, 11) is -3.80. The number of hydrogen-bond acceptors (Lipinski definition) is 6. The van der Waals surface area contributed by atoms with Crippen molar-refractivity contribution in [3.05, 3.63) is 83.4 Å². The highest BCUT2D eigenvalue weighted by atomic mass is 32.2. The topological polar surface area (TPSA) is 88.6 Å². The summed E-state index contributed by atoms with van der Waals surface area (Å²) in [4.78, 5) is 19.4. The third-order valence-electron chi connectivity index (χ3n) is 6.00. The number of nitrogens with one attached hydrogen (secondary N) is 1. The number of aryl methyl sites for hydroxylation is 1. The summed E-state index contributed by atoms with van der Waals surface area (Å²) in [5.74, 6) is -1.93. The third kappa shape index (κ3) is 5.48. The molecule has 1 atom stereocenters. The van der Waals surface area contributed by atoms with Crippen LogP contribution in [0.3, 0.4) is 0 Å². The van der Waals surface area contributed by atoms with Crippen LogP contribution in [0, 0.1) is 18.6 Å². The fraction of sp³-hybridized carbons (Fsp3) is 0.231. The highest BCUT2D eigenvalue weighted by molar-refractivity contribution is 7.92. The Labute approximate surface area is 216 Å². The Bertz CT molecular complexity index is 1550. The quantitative estimate of drug-likeness (QED) is 0.332. The number of anilines is 2. The van der Waals surface area contributed by atoms with Crippen LogP contribution in [0.2, 0.25) is 0 Å². The van der Waals surface area contributed by atoms with Gasteiger partial charge in [-0.1, -0.05) is 29.0 Å². The molecule has 4 aromatic rings. The number of carbonyl (C=O) groups is 1. The third-order valence-corrected chi connectivity index (χ3v) is 8.43. The maximum Gasteiger partial charge on any atom is 0.261 e. The van der Waals surface area contributed by atoms with Crippen LogP contribution in [0.25, 0.3) is 10.2 Å². The van der Waals surface area contributed by atoms with E-state index in [0.717, 1.165) is 35.8 Å². The van der Waals surface area contributed by atoms with E-state index in [9.17, 15) is 22.0 Å². The van der Waals surface area contributed by atoms with Crippen LogP contribution in [0.4, 0.5) is 19.6 Å². The van der Waals surface area contributed by atoms with Crippen LogP contribution in [-0.2, 0) is 14.8 Å². The number of ether oxygens (including phenoxy) is 1. The summed E-state index contributed by atoms with van der Waals surface area (Å²) in [5.41, 5.74) is 1.50. The van der Waals surface area contributed by atoms with Gasteiger partial charge in [-0.3, -0.25) is 14.4 Å². The number of rotatable bonds is 7. The van der Waals surface area contributed by atoms with Gasteiger partial charge in [0.15, 0.2) is 10.9 Å². The number of amides is 1. The van der Waals surface area contributed by atoms with Crippen molar-refractivity contribution in [2.45, 2.75) is 30.8 Å². The zero-order chi connectivity index (χ0) is 26.2. The molecule has 1 unspecified atom stereocenters. The number of fused-ring (bicyclic) bond motifs is 1. The molecule has 0 aliphatic carbocycles. The second kappa shape index (κ2) is 10.2. The van der Waals surface area contributed by atoms with E-state index in [2.05, 4.69) is 9.71 Å². The molecule has 0 bridgehead atoms. The smallest absolute Gasteiger partial charge is 0.261 e. The molecule has 1 N–H and O–H groups in total. The minimum Gasteiger partial charge on any atom is -0.376 e. The molecule has 7 nitrogen and oxygen atoms in total. The molecule has 1 aliphatic heterocycles. The maximum atomic E-state index is 14.3. The number of hydrogen-bond donors (Lipinski definition) is 1. The number of nitrogens with zero attached hydrogens (tertiary/aromatic N) is 2. The predicted octanol–water partition coefficient (Wildman–Crippen LogP) is 5.51. The number of halogens is 2. The van der Waals surface area contributed by atoms with Gasteiger partial charge in [-0.05, 0) is 62.2 Å². The molecule has 1 aromatic heterocycles. The van der Waals surface area contributed by atoms with E-state index < -0.39 is 27.6 Å². The summed E-state index contributed by atoms with van der Waals surface area (Å²) >= 11 is 1.02. The van der Waals surface area contributed by atoms with Crippen molar-refractivity contribution in [3.63, 3.8) is 0 Å². The Balaban J connectivity index is 1.41. The van der Waals surface area contributed by atoms with Crippen molar-refractivity contribution < 1.29 is 26.7 Å². The van der Waals surface area contributed by atoms with Crippen molar-refractivity contribution in [3.8, 4) is 0 Å². The van der Waals surface area contributed by atoms with Gasteiger partial charge in [0.1, 0.15) is 11.3 Å². The molecule has 192 valence electrons. The minimum absolute atomic E-state index is 0.00704.